The zero-order chi connectivity index (χ0) is 19.5. The molecular weight excluding hydrogens is 372 g/mol. The summed E-state index contributed by atoms with van der Waals surface area (Å²) in [5.41, 5.74) is 3.88. The van der Waals surface area contributed by atoms with Crippen molar-refractivity contribution >= 4 is 11.8 Å². The SMILES string of the molecule is COc1ccccc1-c1nnc(SCc2c(C)noc2C)n1-c1ccccc1. The lowest BCUT2D eigenvalue weighted by Crippen LogP contribution is -2.01. The van der Waals surface area contributed by atoms with Crippen LogP contribution in [-0.4, -0.2) is 27.0 Å². The first-order valence-corrected chi connectivity index (χ1v) is 9.86. The van der Waals surface area contributed by atoms with Crippen LogP contribution in [0.3, 0.4) is 0 Å². The molecule has 0 unspecified atom stereocenters. The van der Waals surface area contributed by atoms with Gasteiger partial charge < -0.3 is 9.26 Å². The zero-order valence-electron chi connectivity index (χ0n) is 15.9. The fourth-order valence-electron chi connectivity index (χ4n) is 3.02. The Hall–Kier alpha value is -3.06. The number of benzene rings is 2. The number of methoxy groups -OCH3 is 1. The minimum absolute atomic E-state index is 0.706. The molecule has 0 saturated heterocycles. The van der Waals surface area contributed by atoms with Crippen molar-refractivity contribution < 1.29 is 9.26 Å². The van der Waals surface area contributed by atoms with Gasteiger partial charge in [0.25, 0.3) is 0 Å². The Morgan fingerprint density at radius 1 is 1.00 bits per heavy atom. The Bertz CT molecular complexity index is 1070. The molecule has 0 N–H and O–H groups in total. The van der Waals surface area contributed by atoms with Gasteiger partial charge in [-0.1, -0.05) is 47.3 Å². The van der Waals surface area contributed by atoms with Crippen molar-refractivity contribution in [2.45, 2.75) is 24.8 Å². The van der Waals surface area contributed by atoms with Crippen molar-refractivity contribution in [3.63, 3.8) is 0 Å². The molecule has 0 aliphatic rings. The molecule has 7 heteroatoms. The summed E-state index contributed by atoms with van der Waals surface area (Å²) in [5.74, 6) is 3.04. The quantitative estimate of drug-likeness (QED) is 0.438. The van der Waals surface area contributed by atoms with Gasteiger partial charge in [-0.25, -0.2) is 0 Å². The summed E-state index contributed by atoms with van der Waals surface area (Å²) >= 11 is 1.61. The number of rotatable bonds is 6. The molecule has 2 aromatic heterocycles. The first-order valence-electron chi connectivity index (χ1n) is 8.88. The van der Waals surface area contributed by atoms with E-state index in [0.29, 0.717) is 5.75 Å². The molecule has 0 fully saturated rings. The Balaban J connectivity index is 1.78. The fourth-order valence-corrected chi connectivity index (χ4v) is 4.13. The van der Waals surface area contributed by atoms with Crippen LogP contribution in [0.5, 0.6) is 5.75 Å². The van der Waals surface area contributed by atoms with E-state index in [4.69, 9.17) is 9.26 Å². The average molecular weight is 392 g/mol. The van der Waals surface area contributed by atoms with Gasteiger partial charge in [-0.2, -0.15) is 0 Å². The number of aryl methyl sites for hydroxylation is 2. The Morgan fingerprint density at radius 2 is 1.75 bits per heavy atom. The minimum atomic E-state index is 0.706. The van der Waals surface area contributed by atoms with Crippen LogP contribution in [0.4, 0.5) is 0 Å². The zero-order valence-corrected chi connectivity index (χ0v) is 16.7. The predicted octanol–water partition coefficient (Wildman–Crippen LogP) is 4.84. The molecule has 2 aromatic carbocycles. The molecule has 0 aliphatic heterocycles. The molecule has 4 aromatic rings. The molecule has 0 bridgehead atoms. The highest BCUT2D eigenvalue weighted by atomic mass is 32.2. The van der Waals surface area contributed by atoms with Gasteiger partial charge in [0.2, 0.25) is 0 Å². The highest BCUT2D eigenvalue weighted by Gasteiger charge is 2.20. The molecule has 2 heterocycles. The summed E-state index contributed by atoms with van der Waals surface area (Å²) in [5, 5.41) is 13.8. The van der Waals surface area contributed by atoms with E-state index in [0.717, 1.165) is 45.0 Å². The van der Waals surface area contributed by atoms with E-state index in [1.54, 1.807) is 18.9 Å². The molecule has 0 radical (unpaired) electrons. The summed E-state index contributed by atoms with van der Waals surface area (Å²) in [6.45, 7) is 3.88. The first-order chi connectivity index (χ1) is 13.7. The van der Waals surface area contributed by atoms with Gasteiger partial charge in [0.1, 0.15) is 11.5 Å². The Morgan fingerprint density at radius 3 is 2.46 bits per heavy atom. The van der Waals surface area contributed by atoms with Crippen LogP contribution < -0.4 is 4.74 Å². The molecule has 0 aliphatic carbocycles. The number of aromatic nitrogens is 4. The van der Waals surface area contributed by atoms with E-state index in [-0.39, 0.29) is 0 Å². The number of nitrogens with zero attached hydrogens (tertiary/aromatic N) is 4. The van der Waals surface area contributed by atoms with Gasteiger partial charge in [0.15, 0.2) is 11.0 Å². The third-order valence-electron chi connectivity index (χ3n) is 4.52. The predicted molar refractivity (Wildman–Crippen MR) is 109 cm³/mol. The van der Waals surface area contributed by atoms with Crippen molar-refractivity contribution in [2.75, 3.05) is 7.11 Å². The van der Waals surface area contributed by atoms with Crippen molar-refractivity contribution in [1.82, 2.24) is 19.9 Å². The first kappa shape index (κ1) is 18.3. The molecule has 0 spiro atoms. The van der Waals surface area contributed by atoms with Crippen molar-refractivity contribution in [1.29, 1.82) is 0 Å². The van der Waals surface area contributed by atoms with Crippen LogP contribution in [0.2, 0.25) is 0 Å². The van der Waals surface area contributed by atoms with Gasteiger partial charge in [-0.15, -0.1) is 10.2 Å². The van der Waals surface area contributed by atoms with Crippen LogP contribution in [0.1, 0.15) is 17.0 Å². The molecule has 4 rings (SSSR count). The van der Waals surface area contributed by atoms with E-state index in [1.807, 2.05) is 68.4 Å². The third kappa shape index (κ3) is 3.41. The topological polar surface area (TPSA) is 66.0 Å². The number of para-hydroxylation sites is 2. The molecule has 0 saturated carbocycles. The Labute approximate surface area is 167 Å². The third-order valence-corrected chi connectivity index (χ3v) is 5.48. The molecule has 0 amide bonds. The molecule has 142 valence electrons. The molecule has 0 atom stereocenters. The fraction of sp³-hybridized carbons (Fsp3) is 0.190. The minimum Gasteiger partial charge on any atom is -0.496 e. The lowest BCUT2D eigenvalue weighted by Gasteiger charge is -2.12. The highest BCUT2D eigenvalue weighted by molar-refractivity contribution is 7.98. The number of hydrogen-bond donors (Lipinski definition) is 0. The normalized spacial score (nSPS) is 11.0. The van der Waals surface area contributed by atoms with Gasteiger partial charge >= 0.3 is 0 Å². The smallest absolute Gasteiger partial charge is 0.196 e. The van der Waals surface area contributed by atoms with Crippen LogP contribution in [0, 0.1) is 13.8 Å². The lowest BCUT2D eigenvalue weighted by molar-refractivity contribution is 0.392. The summed E-state index contributed by atoms with van der Waals surface area (Å²) in [6, 6.07) is 17.9. The summed E-state index contributed by atoms with van der Waals surface area (Å²) in [6.07, 6.45) is 0. The van der Waals surface area contributed by atoms with E-state index in [9.17, 15) is 0 Å². The maximum atomic E-state index is 5.54. The largest absolute Gasteiger partial charge is 0.496 e. The van der Waals surface area contributed by atoms with E-state index in [1.165, 1.54) is 0 Å². The molecule has 28 heavy (non-hydrogen) atoms. The number of hydrogen-bond acceptors (Lipinski definition) is 6. The second-order valence-electron chi connectivity index (χ2n) is 6.27. The lowest BCUT2D eigenvalue weighted by atomic mass is 10.2. The molecule has 6 nitrogen and oxygen atoms in total. The van der Waals surface area contributed by atoms with E-state index >= 15 is 0 Å². The monoisotopic (exact) mass is 392 g/mol. The average Bonchev–Trinajstić information content (AvgIpc) is 3.30. The van der Waals surface area contributed by atoms with Crippen molar-refractivity contribution in [2.24, 2.45) is 0 Å². The highest BCUT2D eigenvalue weighted by Crippen LogP contribution is 2.34. The van der Waals surface area contributed by atoms with Gasteiger partial charge in [0.05, 0.1) is 18.4 Å². The van der Waals surface area contributed by atoms with Crippen LogP contribution >= 0.6 is 11.8 Å². The van der Waals surface area contributed by atoms with E-state index in [2.05, 4.69) is 19.9 Å². The summed E-state index contributed by atoms with van der Waals surface area (Å²) in [4.78, 5) is 0. The van der Waals surface area contributed by atoms with Crippen LogP contribution in [0.25, 0.3) is 17.1 Å². The van der Waals surface area contributed by atoms with Crippen LogP contribution in [0.15, 0.2) is 64.3 Å². The summed E-state index contributed by atoms with van der Waals surface area (Å²) < 4.78 is 12.9. The second kappa shape index (κ2) is 7.90. The standard InChI is InChI=1S/C21H20N4O2S/c1-14-18(15(2)27-24-14)13-28-21-23-22-20(17-11-7-8-12-19(17)26-3)25(21)16-9-5-4-6-10-16/h4-12H,13H2,1-3H3. The number of ether oxygens (including phenoxy) is 1. The van der Waals surface area contributed by atoms with Gasteiger partial charge in [0, 0.05) is 17.0 Å². The van der Waals surface area contributed by atoms with Crippen molar-refractivity contribution in [3.8, 4) is 22.8 Å². The number of thioether (sulfide) groups is 1. The Kier molecular flexibility index (Phi) is 5.16. The summed E-state index contributed by atoms with van der Waals surface area (Å²) in [7, 11) is 1.66. The van der Waals surface area contributed by atoms with E-state index < -0.39 is 0 Å². The van der Waals surface area contributed by atoms with Crippen LogP contribution in [-0.2, 0) is 5.75 Å². The van der Waals surface area contributed by atoms with Gasteiger partial charge in [-0.05, 0) is 38.1 Å². The van der Waals surface area contributed by atoms with Crippen molar-refractivity contribution in [3.05, 3.63) is 71.6 Å². The maximum absolute atomic E-state index is 5.54. The molecular formula is C21H20N4O2S. The van der Waals surface area contributed by atoms with Gasteiger partial charge in [-0.3, -0.25) is 4.57 Å². The maximum Gasteiger partial charge on any atom is 0.196 e. The second-order valence-corrected chi connectivity index (χ2v) is 7.21.